The summed E-state index contributed by atoms with van der Waals surface area (Å²) < 4.78 is 20.4. The molecule has 0 amide bonds. The fourth-order valence-electron chi connectivity index (χ4n) is 3.70. The van der Waals surface area contributed by atoms with Gasteiger partial charge in [0, 0.05) is 5.56 Å². The molecular formula is C23H23O3P. The molecule has 1 unspecified atom stereocenters. The van der Waals surface area contributed by atoms with Crippen LogP contribution in [-0.4, -0.2) is 5.11 Å². The van der Waals surface area contributed by atoms with Crippen LogP contribution in [0.15, 0.2) is 60.7 Å². The molecule has 27 heavy (non-hydrogen) atoms. The molecular weight excluding hydrogens is 355 g/mol. The average molecular weight is 378 g/mol. The van der Waals surface area contributed by atoms with Crippen LogP contribution in [0, 0.1) is 6.92 Å². The van der Waals surface area contributed by atoms with Crippen molar-refractivity contribution in [3.63, 3.8) is 0 Å². The Kier molecular flexibility index (Phi) is 3.98. The molecule has 0 spiro atoms. The number of phenols is 1. The Morgan fingerprint density at radius 1 is 0.889 bits per heavy atom. The van der Waals surface area contributed by atoms with Gasteiger partial charge in [-0.05, 0) is 47.2 Å². The standard InChI is InChI=1S/C23H23O3P/c1-15-13-18(23(2,3)4)19(24)14-22(15)27(25)21-12-8-6-10-17(21)16-9-5-7-11-20(16)26-27/h5-14,24H,1-4H3. The molecule has 3 aromatic carbocycles. The number of hydrogen-bond donors (Lipinski definition) is 1. The topological polar surface area (TPSA) is 46.5 Å². The molecule has 0 saturated carbocycles. The summed E-state index contributed by atoms with van der Waals surface area (Å²) in [5.74, 6) is 0.761. The Morgan fingerprint density at radius 2 is 1.52 bits per heavy atom. The van der Waals surface area contributed by atoms with Crippen molar-refractivity contribution in [2.75, 3.05) is 0 Å². The van der Waals surface area contributed by atoms with Crippen LogP contribution < -0.4 is 15.1 Å². The lowest BCUT2D eigenvalue weighted by Crippen LogP contribution is -2.27. The van der Waals surface area contributed by atoms with Gasteiger partial charge in [0.15, 0.2) is 0 Å². The highest BCUT2D eigenvalue weighted by Gasteiger charge is 2.39. The van der Waals surface area contributed by atoms with Crippen LogP contribution in [0.4, 0.5) is 0 Å². The number of fused-ring (bicyclic) bond motifs is 3. The maximum Gasteiger partial charge on any atom is 0.307 e. The first-order chi connectivity index (χ1) is 12.7. The molecule has 1 N–H and O–H groups in total. The van der Waals surface area contributed by atoms with Crippen LogP contribution in [-0.2, 0) is 9.98 Å². The number of aromatic hydroxyl groups is 1. The van der Waals surface area contributed by atoms with Crippen LogP contribution >= 0.6 is 7.37 Å². The van der Waals surface area contributed by atoms with Crippen molar-refractivity contribution in [1.29, 1.82) is 0 Å². The number of aryl methyl sites for hydroxylation is 1. The average Bonchev–Trinajstić information content (AvgIpc) is 2.62. The summed E-state index contributed by atoms with van der Waals surface area (Å²) >= 11 is 0. The van der Waals surface area contributed by atoms with Crippen LogP contribution in [0.25, 0.3) is 11.1 Å². The lowest BCUT2D eigenvalue weighted by molar-refractivity contribution is 0.446. The first-order valence-electron chi connectivity index (χ1n) is 9.05. The first-order valence-corrected chi connectivity index (χ1v) is 10.7. The monoisotopic (exact) mass is 378 g/mol. The molecule has 0 aromatic heterocycles. The van der Waals surface area contributed by atoms with Crippen molar-refractivity contribution >= 4 is 18.0 Å². The molecule has 4 rings (SSSR count). The summed E-state index contributed by atoms with van der Waals surface area (Å²) in [4.78, 5) is 0. The summed E-state index contributed by atoms with van der Waals surface area (Å²) in [5, 5.41) is 11.9. The van der Waals surface area contributed by atoms with Crippen molar-refractivity contribution in [2.24, 2.45) is 0 Å². The minimum Gasteiger partial charge on any atom is -0.508 e. The zero-order chi connectivity index (χ0) is 19.4. The molecule has 4 heteroatoms. The molecule has 3 nitrogen and oxygen atoms in total. The van der Waals surface area contributed by atoms with Crippen LogP contribution in [0.3, 0.4) is 0 Å². The van der Waals surface area contributed by atoms with Gasteiger partial charge in [0.25, 0.3) is 0 Å². The summed E-state index contributed by atoms with van der Waals surface area (Å²) in [6.07, 6.45) is 0. The molecule has 0 aliphatic carbocycles. The maximum absolute atomic E-state index is 14.2. The molecule has 138 valence electrons. The summed E-state index contributed by atoms with van der Waals surface area (Å²) in [6, 6.07) is 18.9. The Bertz CT molecular complexity index is 1090. The van der Waals surface area contributed by atoms with Crippen molar-refractivity contribution in [1.82, 2.24) is 0 Å². The van der Waals surface area contributed by atoms with E-state index in [0.717, 1.165) is 22.3 Å². The second-order valence-electron chi connectivity index (χ2n) is 8.06. The van der Waals surface area contributed by atoms with Crippen molar-refractivity contribution < 1.29 is 14.2 Å². The van der Waals surface area contributed by atoms with E-state index < -0.39 is 7.37 Å². The predicted octanol–water partition coefficient (Wildman–Crippen LogP) is 5.29. The lowest BCUT2D eigenvalue weighted by Gasteiger charge is -2.30. The van der Waals surface area contributed by atoms with E-state index in [4.69, 9.17) is 4.52 Å². The number of benzene rings is 3. The van der Waals surface area contributed by atoms with Crippen molar-refractivity contribution in [3.8, 4) is 22.6 Å². The highest BCUT2D eigenvalue weighted by Crippen LogP contribution is 2.54. The predicted molar refractivity (Wildman–Crippen MR) is 111 cm³/mol. The van der Waals surface area contributed by atoms with Gasteiger partial charge in [-0.15, -0.1) is 0 Å². The van der Waals surface area contributed by atoms with E-state index in [1.54, 1.807) is 6.07 Å². The number of phenolic OH excluding ortho intramolecular Hbond substituents is 1. The first kappa shape index (κ1) is 17.9. The molecule has 0 bridgehead atoms. The zero-order valence-electron chi connectivity index (χ0n) is 16.0. The van der Waals surface area contributed by atoms with Gasteiger partial charge in [0.05, 0.1) is 10.6 Å². The second-order valence-corrected chi connectivity index (χ2v) is 10.3. The normalized spacial score (nSPS) is 18.4. The molecule has 1 aliphatic rings. The Morgan fingerprint density at radius 3 is 2.22 bits per heavy atom. The molecule has 1 heterocycles. The van der Waals surface area contributed by atoms with Gasteiger partial charge >= 0.3 is 7.37 Å². The second kappa shape index (κ2) is 6.00. The fourth-order valence-corrected chi connectivity index (χ4v) is 6.20. The maximum atomic E-state index is 14.2. The minimum atomic E-state index is -3.38. The SMILES string of the molecule is Cc1cc(C(C)(C)C)c(O)cc1P1(=O)Oc2ccccc2-c2ccccc21. The van der Waals surface area contributed by atoms with E-state index >= 15 is 0 Å². The third-order valence-electron chi connectivity index (χ3n) is 5.06. The Labute approximate surface area is 160 Å². The van der Waals surface area contributed by atoms with Gasteiger partial charge in [-0.2, -0.15) is 0 Å². The summed E-state index contributed by atoms with van der Waals surface area (Å²) in [7, 11) is -3.38. The third-order valence-corrected chi connectivity index (χ3v) is 7.66. The molecule has 0 saturated heterocycles. The van der Waals surface area contributed by atoms with E-state index in [1.807, 2.05) is 82.3 Å². The molecule has 1 aliphatic heterocycles. The third kappa shape index (κ3) is 2.78. The van der Waals surface area contributed by atoms with Crippen LogP contribution in [0.1, 0.15) is 31.9 Å². The fraction of sp³-hybridized carbons (Fsp3) is 0.217. The Balaban J connectivity index is 1.98. The molecule has 3 aromatic rings. The van der Waals surface area contributed by atoms with E-state index in [0.29, 0.717) is 16.4 Å². The molecule has 0 fully saturated rings. The zero-order valence-corrected chi connectivity index (χ0v) is 16.9. The van der Waals surface area contributed by atoms with Gasteiger partial charge in [-0.1, -0.05) is 63.2 Å². The van der Waals surface area contributed by atoms with Gasteiger partial charge < -0.3 is 9.63 Å². The smallest absolute Gasteiger partial charge is 0.307 e. The Hall–Kier alpha value is -2.51. The van der Waals surface area contributed by atoms with Gasteiger partial charge in [0.2, 0.25) is 0 Å². The number of para-hydroxylation sites is 1. The van der Waals surface area contributed by atoms with E-state index in [1.165, 1.54) is 0 Å². The van der Waals surface area contributed by atoms with Crippen LogP contribution in [0.2, 0.25) is 0 Å². The molecule has 0 radical (unpaired) electrons. The summed E-state index contributed by atoms with van der Waals surface area (Å²) in [6.45, 7) is 8.07. The summed E-state index contributed by atoms with van der Waals surface area (Å²) in [5.41, 5.74) is 3.34. The van der Waals surface area contributed by atoms with Gasteiger partial charge in [0.1, 0.15) is 11.5 Å². The quantitative estimate of drug-likeness (QED) is 0.586. The van der Waals surface area contributed by atoms with Crippen molar-refractivity contribution in [2.45, 2.75) is 33.1 Å². The largest absolute Gasteiger partial charge is 0.508 e. The van der Waals surface area contributed by atoms with E-state index in [9.17, 15) is 9.67 Å². The van der Waals surface area contributed by atoms with E-state index in [-0.39, 0.29) is 11.2 Å². The lowest BCUT2D eigenvalue weighted by atomic mass is 9.85. The number of rotatable bonds is 1. The number of hydrogen-bond acceptors (Lipinski definition) is 3. The molecule has 1 atom stereocenters. The van der Waals surface area contributed by atoms with Crippen molar-refractivity contribution in [3.05, 3.63) is 71.8 Å². The highest BCUT2D eigenvalue weighted by molar-refractivity contribution is 7.75. The van der Waals surface area contributed by atoms with Crippen LogP contribution in [0.5, 0.6) is 11.5 Å². The van der Waals surface area contributed by atoms with E-state index in [2.05, 4.69) is 0 Å². The van der Waals surface area contributed by atoms with Gasteiger partial charge in [-0.25, -0.2) is 0 Å². The van der Waals surface area contributed by atoms with Gasteiger partial charge in [-0.3, -0.25) is 4.57 Å². The highest BCUT2D eigenvalue weighted by atomic mass is 31.2. The minimum absolute atomic E-state index is 0.151.